The van der Waals surface area contributed by atoms with Gasteiger partial charge in [-0.3, -0.25) is 4.79 Å². The van der Waals surface area contributed by atoms with Crippen LogP contribution < -0.4 is 10.2 Å². The molecule has 0 aromatic heterocycles. The zero-order valence-corrected chi connectivity index (χ0v) is 12.0. The van der Waals surface area contributed by atoms with Gasteiger partial charge in [-0.1, -0.05) is 12.1 Å². The van der Waals surface area contributed by atoms with Gasteiger partial charge >= 0.3 is 0 Å². The number of amides is 1. The quantitative estimate of drug-likeness (QED) is 0.918. The molecule has 0 bridgehead atoms. The molecule has 0 spiro atoms. The summed E-state index contributed by atoms with van der Waals surface area (Å²) in [6, 6.07) is 8.12. The van der Waals surface area contributed by atoms with E-state index in [1.54, 1.807) is 0 Å². The van der Waals surface area contributed by atoms with Crippen LogP contribution >= 0.6 is 0 Å². The van der Waals surface area contributed by atoms with Crippen molar-refractivity contribution in [2.24, 2.45) is 0 Å². The number of nitrogens with one attached hydrogen (secondary N) is 1. The van der Waals surface area contributed by atoms with Gasteiger partial charge in [0, 0.05) is 26.1 Å². The highest BCUT2D eigenvalue weighted by atomic mass is 16.2. The van der Waals surface area contributed by atoms with Gasteiger partial charge in [0.2, 0.25) is 5.91 Å². The number of nitrogens with zero attached hydrogens (tertiary/aromatic N) is 2. The number of hydrogen-bond donors (Lipinski definition) is 1. The number of fused-ring (bicyclic) bond motifs is 1. The summed E-state index contributed by atoms with van der Waals surface area (Å²) >= 11 is 0. The Morgan fingerprint density at radius 2 is 1.90 bits per heavy atom. The first kappa shape index (κ1) is 13.4. The average Bonchev–Trinajstić information content (AvgIpc) is 2.90. The van der Waals surface area contributed by atoms with E-state index in [0.29, 0.717) is 6.42 Å². The van der Waals surface area contributed by atoms with Crippen molar-refractivity contribution in [1.82, 2.24) is 4.90 Å². The molecule has 1 aromatic carbocycles. The number of anilines is 2. The van der Waals surface area contributed by atoms with E-state index in [1.807, 2.05) is 23.1 Å². The van der Waals surface area contributed by atoms with Crippen LogP contribution in [0.1, 0.15) is 25.7 Å². The van der Waals surface area contributed by atoms with E-state index in [-0.39, 0.29) is 5.91 Å². The highest BCUT2D eigenvalue weighted by Crippen LogP contribution is 2.28. The molecule has 0 saturated carbocycles. The molecule has 2 aliphatic rings. The van der Waals surface area contributed by atoms with Gasteiger partial charge in [-0.15, -0.1) is 0 Å². The fraction of sp³-hybridized carbons (Fsp3) is 0.562. The fourth-order valence-corrected chi connectivity index (χ4v) is 3.09. The van der Waals surface area contributed by atoms with Crippen molar-refractivity contribution in [3.63, 3.8) is 0 Å². The van der Waals surface area contributed by atoms with Gasteiger partial charge in [0.1, 0.15) is 0 Å². The van der Waals surface area contributed by atoms with E-state index >= 15 is 0 Å². The predicted octanol–water partition coefficient (Wildman–Crippen LogP) is 2.32. The van der Waals surface area contributed by atoms with Crippen LogP contribution in [0.15, 0.2) is 24.3 Å². The number of rotatable bonds is 3. The Labute approximate surface area is 120 Å². The SMILES string of the molecule is O=C(CCN1CCCC1)N1CCCNc2ccccc21. The molecule has 0 atom stereocenters. The Morgan fingerprint density at radius 1 is 1.10 bits per heavy atom. The lowest BCUT2D eigenvalue weighted by Crippen LogP contribution is -2.34. The van der Waals surface area contributed by atoms with Crippen LogP contribution in [0.2, 0.25) is 0 Å². The molecule has 1 fully saturated rings. The van der Waals surface area contributed by atoms with Crippen molar-refractivity contribution in [2.45, 2.75) is 25.7 Å². The second-order valence-corrected chi connectivity index (χ2v) is 5.64. The average molecular weight is 273 g/mol. The molecule has 1 saturated heterocycles. The van der Waals surface area contributed by atoms with Gasteiger partial charge in [-0.05, 0) is 44.5 Å². The van der Waals surface area contributed by atoms with E-state index in [2.05, 4.69) is 16.3 Å². The molecule has 20 heavy (non-hydrogen) atoms. The molecule has 4 heteroatoms. The zero-order chi connectivity index (χ0) is 13.8. The lowest BCUT2D eigenvalue weighted by atomic mass is 10.2. The summed E-state index contributed by atoms with van der Waals surface area (Å²) in [6.07, 6.45) is 4.20. The van der Waals surface area contributed by atoms with Crippen LogP contribution in [0.4, 0.5) is 11.4 Å². The molecule has 0 radical (unpaired) electrons. The van der Waals surface area contributed by atoms with Gasteiger partial charge < -0.3 is 15.1 Å². The maximum absolute atomic E-state index is 12.5. The summed E-state index contributed by atoms with van der Waals surface area (Å²) in [7, 11) is 0. The number of likely N-dealkylation sites (tertiary alicyclic amines) is 1. The summed E-state index contributed by atoms with van der Waals surface area (Å²) in [5, 5.41) is 3.40. The van der Waals surface area contributed by atoms with Gasteiger partial charge in [-0.2, -0.15) is 0 Å². The Hall–Kier alpha value is -1.55. The Bertz CT molecular complexity index is 469. The number of para-hydroxylation sites is 2. The van der Waals surface area contributed by atoms with E-state index in [0.717, 1.165) is 50.5 Å². The molecule has 2 heterocycles. The predicted molar refractivity (Wildman–Crippen MR) is 82.2 cm³/mol. The highest BCUT2D eigenvalue weighted by molar-refractivity contribution is 5.97. The lowest BCUT2D eigenvalue weighted by Gasteiger charge is -2.23. The number of benzene rings is 1. The monoisotopic (exact) mass is 273 g/mol. The topological polar surface area (TPSA) is 35.6 Å². The van der Waals surface area contributed by atoms with Crippen LogP contribution in [0, 0.1) is 0 Å². The smallest absolute Gasteiger partial charge is 0.228 e. The summed E-state index contributed by atoms with van der Waals surface area (Å²) in [6.45, 7) is 4.98. The Balaban J connectivity index is 1.67. The van der Waals surface area contributed by atoms with Gasteiger partial charge in [0.25, 0.3) is 0 Å². The van der Waals surface area contributed by atoms with Gasteiger partial charge in [0.05, 0.1) is 11.4 Å². The minimum Gasteiger partial charge on any atom is -0.383 e. The number of hydrogen-bond acceptors (Lipinski definition) is 3. The first-order valence-electron chi connectivity index (χ1n) is 7.70. The minimum atomic E-state index is 0.257. The second kappa shape index (κ2) is 6.27. The van der Waals surface area contributed by atoms with E-state index < -0.39 is 0 Å². The molecule has 1 N–H and O–H groups in total. The lowest BCUT2D eigenvalue weighted by molar-refractivity contribution is -0.118. The van der Waals surface area contributed by atoms with Crippen LogP contribution in [-0.2, 0) is 4.79 Å². The molecular weight excluding hydrogens is 250 g/mol. The maximum atomic E-state index is 12.5. The summed E-state index contributed by atoms with van der Waals surface area (Å²) in [5.74, 6) is 0.257. The third kappa shape index (κ3) is 2.96. The van der Waals surface area contributed by atoms with Gasteiger partial charge in [-0.25, -0.2) is 0 Å². The van der Waals surface area contributed by atoms with Crippen molar-refractivity contribution >= 4 is 17.3 Å². The molecule has 108 valence electrons. The van der Waals surface area contributed by atoms with E-state index in [1.165, 1.54) is 12.8 Å². The van der Waals surface area contributed by atoms with Gasteiger partial charge in [0.15, 0.2) is 0 Å². The van der Waals surface area contributed by atoms with E-state index in [9.17, 15) is 4.79 Å². The molecule has 1 amide bonds. The molecule has 3 rings (SSSR count). The Morgan fingerprint density at radius 3 is 2.75 bits per heavy atom. The van der Waals surface area contributed by atoms with Crippen molar-refractivity contribution in [2.75, 3.05) is 42.9 Å². The zero-order valence-electron chi connectivity index (χ0n) is 12.0. The van der Waals surface area contributed by atoms with Crippen molar-refractivity contribution in [3.05, 3.63) is 24.3 Å². The summed E-state index contributed by atoms with van der Waals surface area (Å²) in [5.41, 5.74) is 2.12. The molecule has 0 aliphatic carbocycles. The standard InChI is InChI=1S/C16H23N3O/c20-16(8-13-18-10-3-4-11-18)19-12-5-9-17-14-6-1-2-7-15(14)19/h1-2,6-7,17H,3-5,8-13H2. The molecular formula is C16H23N3O. The Kier molecular flexibility index (Phi) is 4.21. The molecule has 2 aliphatic heterocycles. The third-order valence-electron chi connectivity index (χ3n) is 4.21. The summed E-state index contributed by atoms with van der Waals surface area (Å²) < 4.78 is 0. The number of carbonyl (C=O) groups is 1. The van der Waals surface area contributed by atoms with Crippen LogP contribution in [0.25, 0.3) is 0 Å². The van der Waals surface area contributed by atoms with Crippen molar-refractivity contribution in [3.8, 4) is 0 Å². The minimum absolute atomic E-state index is 0.257. The molecule has 1 aromatic rings. The van der Waals surface area contributed by atoms with E-state index in [4.69, 9.17) is 0 Å². The number of carbonyl (C=O) groups excluding carboxylic acids is 1. The normalized spacial score (nSPS) is 19.3. The fourth-order valence-electron chi connectivity index (χ4n) is 3.09. The summed E-state index contributed by atoms with van der Waals surface area (Å²) in [4.78, 5) is 16.9. The second-order valence-electron chi connectivity index (χ2n) is 5.64. The first-order valence-corrected chi connectivity index (χ1v) is 7.70. The molecule has 0 unspecified atom stereocenters. The third-order valence-corrected chi connectivity index (χ3v) is 4.21. The van der Waals surface area contributed by atoms with Crippen LogP contribution in [0.3, 0.4) is 0 Å². The molecule has 4 nitrogen and oxygen atoms in total. The van der Waals surface area contributed by atoms with Crippen molar-refractivity contribution in [1.29, 1.82) is 0 Å². The highest BCUT2D eigenvalue weighted by Gasteiger charge is 2.21. The first-order chi connectivity index (χ1) is 9.84. The van der Waals surface area contributed by atoms with Crippen LogP contribution in [0.5, 0.6) is 0 Å². The van der Waals surface area contributed by atoms with Crippen molar-refractivity contribution < 1.29 is 4.79 Å². The van der Waals surface area contributed by atoms with Crippen LogP contribution in [-0.4, -0.2) is 43.5 Å². The largest absolute Gasteiger partial charge is 0.383 e. The maximum Gasteiger partial charge on any atom is 0.228 e.